The van der Waals surface area contributed by atoms with E-state index in [0.29, 0.717) is 0 Å². The SMILES string of the molecule is OC1C=C(c2ccoc2)CCC1. The Balaban J connectivity index is 2.23. The van der Waals surface area contributed by atoms with Crippen molar-refractivity contribution in [2.75, 3.05) is 0 Å². The van der Waals surface area contributed by atoms with Crippen molar-refractivity contribution in [1.29, 1.82) is 0 Å². The smallest absolute Gasteiger partial charge is 0.0977 e. The summed E-state index contributed by atoms with van der Waals surface area (Å²) in [7, 11) is 0. The van der Waals surface area contributed by atoms with Crippen molar-refractivity contribution in [1.82, 2.24) is 0 Å². The summed E-state index contributed by atoms with van der Waals surface area (Å²) in [5.41, 5.74) is 2.32. The molecule has 1 heterocycles. The van der Waals surface area contributed by atoms with Crippen LogP contribution in [0, 0.1) is 0 Å². The summed E-state index contributed by atoms with van der Waals surface area (Å²) in [5.74, 6) is 0. The van der Waals surface area contributed by atoms with Crippen LogP contribution < -0.4 is 0 Å². The summed E-state index contributed by atoms with van der Waals surface area (Å²) in [6.45, 7) is 0. The summed E-state index contributed by atoms with van der Waals surface area (Å²) in [4.78, 5) is 0. The minimum atomic E-state index is -0.261. The van der Waals surface area contributed by atoms with Crippen LogP contribution >= 0.6 is 0 Å². The van der Waals surface area contributed by atoms with E-state index >= 15 is 0 Å². The van der Waals surface area contributed by atoms with Gasteiger partial charge in [-0.15, -0.1) is 0 Å². The first-order valence-electron chi connectivity index (χ1n) is 4.27. The van der Waals surface area contributed by atoms with E-state index in [9.17, 15) is 5.11 Å². The molecule has 0 aliphatic heterocycles. The van der Waals surface area contributed by atoms with E-state index in [2.05, 4.69) is 0 Å². The van der Waals surface area contributed by atoms with Crippen molar-refractivity contribution in [2.45, 2.75) is 25.4 Å². The van der Waals surface area contributed by atoms with Crippen LogP contribution in [0.1, 0.15) is 24.8 Å². The van der Waals surface area contributed by atoms with Gasteiger partial charge in [-0.25, -0.2) is 0 Å². The number of hydrogen-bond donors (Lipinski definition) is 1. The number of furan rings is 1. The van der Waals surface area contributed by atoms with Crippen molar-refractivity contribution in [2.24, 2.45) is 0 Å². The van der Waals surface area contributed by atoms with E-state index in [0.717, 1.165) is 24.8 Å². The minimum Gasteiger partial charge on any atom is -0.472 e. The zero-order valence-electron chi connectivity index (χ0n) is 6.86. The van der Waals surface area contributed by atoms with Gasteiger partial charge in [0.1, 0.15) is 0 Å². The molecule has 0 amide bonds. The Morgan fingerprint density at radius 3 is 3.08 bits per heavy atom. The molecule has 2 heteroatoms. The summed E-state index contributed by atoms with van der Waals surface area (Å²) in [6.07, 6.45) is 8.06. The van der Waals surface area contributed by atoms with Crippen LogP contribution in [-0.2, 0) is 0 Å². The molecule has 2 rings (SSSR count). The molecule has 64 valence electrons. The fourth-order valence-electron chi connectivity index (χ4n) is 1.59. The highest BCUT2D eigenvalue weighted by Crippen LogP contribution is 2.26. The zero-order valence-corrected chi connectivity index (χ0v) is 6.86. The van der Waals surface area contributed by atoms with Gasteiger partial charge in [0.25, 0.3) is 0 Å². The zero-order chi connectivity index (χ0) is 8.39. The highest BCUT2D eigenvalue weighted by atomic mass is 16.3. The summed E-state index contributed by atoms with van der Waals surface area (Å²) < 4.78 is 4.98. The molecule has 1 N–H and O–H groups in total. The molecule has 1 aromatic rings. The first-order chi connectivity index (χ1) is 5.86. The van der Waals surface area contributed by atoms with Gasteiger partial charge < -0.3 is 9.52 Å². The molecule has 0 spiro atoms. The molecule has 0 saturated heterocycles. The molecule has 0 bridgehead atoms. The Morgan fingerprint density at radius 1 is 1.50 bits per heavy atom. The molecule has 2 nitrogen and oxygen atoms in total. The highest BCUT2D eigenvalue weighted by molar-refractivity contribution is 5.65. The molecule has 0 fully saturated rings. The molecule has 0 saturated carbocycles. The van der Waals surface area contributed by atoms with Crippen molar-refractivity contribution in [3.8, 4) is 0 Å². The maximum Gasteiger partial charge on any atom is 0.0977 e. The Labute approximate surface area is 71.5 Å². The predicted molar refractivity (Wildman–Crippen MR) is 46.5 cm³/mol. The quantitative estimate of drug-likeness (QED) is 0.690. The molecule has 1 unspecified atom stereocenters. The summed E-state index contributed by atoms with van der Waals surface area (Å²) in [6, 6.07) is 1.93. The monoisotopic (exact) mass is 164 g/mol. The lowest BCUT2D eigenvalue weighted by Gasteiger charge is -2.15. The van der Waals surface area contributed by atoms with Crippen molar-refractivity contribution in [3.63, 3.8) is 0 Å². The molecule has 1 aliphatic rings. The Morgan fingerprint density at radius 2 is 2.42 bits per heavy atom. The average Bonchev–Trinajstić information content (AvgIpc) is 2.56. The van der Waals surface area contributed by atoms with Gasteiger partial charge in [0.15, 0.2) is 0 Å². The molecular formula is C10H12O2. The molecule has 1 aromatic heterocycles. The first-order valence-corrected chi connectivity index (χ1v) is 4.27. The first kappa shape index (κ1) is 7.62. The van der Waals surface area contributed by atoms with Gasteiger partial charge in [0.05, 0.1) is 18.6 Å². The van der Waals surface area contributed by atoms with Gasteiger partial charge in [0.2, 0.25) is 0 Å². The molecule has 0 radical (unpaired) electrons. The second-order valence-corrected chi connectivity index (χ2v) is 3.16. The lowest BCUT2D eigenvalue weighted by Crippen LogP contribution is -2.07. The second-order valence-electron chi connectivity index (χ2n) is 3.16. The Hall–Kier alpha value is -1.02. The lowest BCUT2D eigenvalue weighted by molar-refractivity contribution is 0.206. The van der Waals surface area contributed by atoms with Gasteiger partial charge in [-0.2, -0.15) is 0 Å². The predicted octanol–water partition coefficient (Wildman–Crippen LogP) is 2.21. The third kappa shape index (κ3) is 1.43. The summed E-state index contributed by atoms with van der Waals surface area (Å²) >= 11 is 0. The lowest BCUT2D eigenvalue weighted by atomic mass is 9.94. The van der Waals surface area contributed by atoms with Crippen LogP contribution in [0.25, 0.3) is 5.57 Å². The van der Waals surface area contributed by atoms with E-state index < -0.39 is 0 Å². The molecular weight excluding hydrogens is 152 g/mol. The van der Waals surface area contributed by atoms with Crippen LogP contribution in [0.2, 0.25) is 0 Å². The molecule has 12 heavy (non-hydrogen) atoms. The van der Waals surface area contributed by atoms with Gasteiger partial charge in [-0.3, -0.25) is 0 Å². The van der Waals surface area contributed by atoms with Crippen LogP contribution in [0.4, 0.5) is 0 Å². The standard InChI is InChI=1S/C10H12O2/c11-10-3-1-2-8(6-10)9-4-5-12-7-9/h4-7,10-11H,1-3H2. The van der Waals surface area contributed by atoms with Crippen molar-refractivity contribution < 1.29 is 9.52 Å². The normalized spacial score (nSPS) is 23.8. The largest absolute Gasteiger partial charge is 0.472 e. The van der Waals surface area contributed by atoms with Crippen molar-refractivity contribution >= 4 is 5.57 Å². The third-order valence-corrected chi connectivity index (χ3v) is 2.23. The maximum absolute atomic E-state index is 9.37. The Kier molecular flexibility index (Phi) is 2.00. The van der Waals surface area contributed by atoms with Crippen molar-refractivity contribution in [3.05, 3.63) is 30.2 Å². The second kappa shape index (κ2) is 3.15. The number of allylic oxidation sites excluding steroid dienone is 1. The third-order valence-electron chi connectivity index (χ3n) is 2.23. The van der Waals surface area contributed by atoms with E-state index in [4.69, 9.17) is 4.42 Å². The number of rotatable bonds is 1. The molecule has 1 atom stereocenters. The van der Waals surface area contributed by atoms with Crippen LogP contribution in [0.15, 0.2) is 29.1 Å². The van der Waals surface area contributed by atoms with E-state index in [1.54, 1.807) is 12.5 Å². The van der Waals surface area contributed by atoms with Crippen LogP contribution in [0.3, 0.4) is 0 Å². The van der Waals surface area contributed by atoms with Crippen LogP contribution in [0.5, 0.6) is 0 Å². The van der Waals surface area contributed by atoms with Gasteiger partial charge in [-0.1, -0.05) is 6.08 Å². The fraction of sp³-hybridized carbons (Fsp3) is 0.400. The van der Waals surface area contributed by atoms with E-state index in [-0.39, 0.29) is 6.10 Å². The number of aliphatic hydroxyl groups excluding tert-OH is 1. The number of aliphatic hydroxyl groups is 1. The molecule has 1 aliphatic carbocycles. The van der Waals surface area contributed by atoms with Crippen LogP contribution in [-0.4, -0.2) is 11.2 Å². The van der Waals surface area contributed by atoms with Gasteiger partial charge in [0, 0.05) is 5.56 Å². The van der Waals surface area contributed by atoms with Gasteiger partial charge >= 0.3 is 0 Å². The Bertz CT molecular complexity index is 272. The topological polar surface area (TPSA) is 33.4 Å². The average molecular weight is 164 g/mol. The van der Waals surface area contributed by atoms with E-state index in [1.165, 1.54) is 5.57 Å². The minimum absolute atomic E-state index is 0.261. The summed E-state index contributed by atoms with van der Waals surface area (Å²) in [5, 5.41) is 9.37. The van der Waals surface area contributed by atoms with Gasteiger partial charge in [-0.05, 0) is 30.9 Å². The fourth-order valence-corrected chi connectivity index (χ4v) is 1.59. The number of hydrogen-bond acceptors (Lipinski definition) is 2. The highest BCUT2D eigenvalue weighted by Gasteiger charge is 2.12. The molecule has 0 aromatic carbocycles. The van der Waals surface area contributed by atoms with E-state index in [1.807, 2.05) is 12.1 Å². The maximum atomic E-state index is 9.37.